The molecule has 0 heterocycles. The lowest BCUT2D eigenvalue weighted by molar-refractivity contribution is -0.148. The molecule has 0 unspecified atom stereocenters. The number of rotatable bonds is 5. The third kappa shape index (κ3) is 4.19. The fraction of sp³-hybridized carbons (Fsp3) is 0.235. The SMILES string of the molecule is C[C@@H](OC(=O)CCc1ccccc1)c1ccc(F)cc1. The van der Waals surface area contributed by atoms with Crippen molar-refractivity contribution >= 4 is 5.97 Å². The van der Waals surface area contributed by atoms with E-state index >= 15 is 0 Å². The van der Waals surface area contributed by atoms with Gasteiger partial charge in [-0.1, -0.05) is 42.5 Å². The fourth-order valence-corrected chi connectivity index (χ4v) is 1.95. The van der Waals surface area contributed by atoms with Crippen molar-refractivity contribution in [2.75, 3.05) is 0 Å². The summed E-state index contributed by atoms with van der Waals surface area (Å²) in [7, 11) is 0. The molecular formula is C17H17FO2. The summed E-state index contributed by atoms with van der Waals surface area (Å²) in [5.74, 6) is -0.540. The Morgan fingerprint density at radius 3 is 2.40 bits per heavy atom. The molecule has 0 bridgehead atoms. The minimum Gasteiger partial charge on any atom is -0.458 e. The molecule has 2 aromatic rings. The number of hydrogen-bond donors (Lipinski definition) is 0. The van der Waals surface area contributed by atoms with Crippen LogP contribution in [-0.2, 0) is 16.0 Å². The molecular weight excluding hydrogens is 255 g/mol. The van der Waals surface area contributed by atoms with E-state index in [0.29, 0.717) is 12.8 Å². The highest BCUT2D eigenvalue weighted by Crippen LogP contribution is 2.18. The van der Waals surface area contributed by atoms with Gasteiger partial charge in [0.2, 0.25) is 0 Å². The number of esters is 1. The van der Waals surface area contributed by atoms with Crippen LogP contribution in [0.1, 0.15) is 30.6 Å². The zero-order valence-electron chi connectivity index (χ0n) is 11.4. The van der Waals surface area contributed by atoms with Gasteiger partial charge in [-0.25, -0.2) is 4.39 Å². The van der Waals surface area contributed by atoms with Crippen LogP contribution in [0.3, 0.4) is 0 Å². The summed E-state index contributed by atoms with van der Waals surface area (Å²) < 4.78 is 18.1. The molecule has 0 N–H and O–H groups in total. The average Bonchev–Trinajstić information content (AvgIpc) is 2.47. The van der Waals surface area contributed by atoms with Crippen molar-refractivity contribution in [1.82, 2.24) is 0 Å². The largest absolute Gasteiger partial charge is 0.458 e. The van der Waals surface area contributed by atoms with Gasteiger partial charge in [-0.3, -0.25) is 4.79 Å². The zero-order chi connectivity index (χ0) is 14.4. The van der Waals surface area contributed by atoms with E-state index in [9.17, 15) is 9.18 Å². The topological polar surface area (TPSA) is 26.3 Å². The van der Waals surface area contributed by atoms with Crippen LogP contribution >= 0.6 is 0 Å². The summed E-state index contributed by atoms with van der Waals surface area (Å²) in [6.45, 7) is 1.79. The molecule has 104 valence electrons. The van der Waals surface area contributed by atoms with Gasteiger partial charge in [0, 0.05) is 6.42 Å². The maximum atomic E-state index is 12.8. The van der Waals surface area contributed by atoms with E-state index in [2.05, 4.69) is 0 Å². The Hall–Kier alpha value is -2.16. The fourth-order valence-electron chi connectivity index (χ4n) is 1.95. The predicted octanol–water partition coefficient (Wildman–Crippen LogP) is 4.06. The number of ether oxygens (including phenoxy) is 1. The summed E-state index contributed by atoms with van der Waals surface area (Å²) in [6, 6.07) is 15.8. The molecule has 0 aromatic heterocycles. The molecule has 2 aromatic carbocycles. The smallest absolute Gasteiger partial charge is 0.306 e. The van der Waals surface area contributed by atoms with E-state index in [4.69, 9.17) is 4.74 Å². The van der Waals surface area contributed by atoms with Crippen LogP contribution in [0, 0.1) is 5.82 Å². The van der Waals surface area contributed by atoms with E-state index in [1.54, 1.807) is 19.1 Å². The van der Waals surface area contributed by atoms with Gasteiger partial charge in [-0.15, -0.1) is 0 Å². The summed E-state index contributed by atoms with van der Waals surface area (Å²) in [4.78, 5) is 11.8. The number of aryl methyl sites for hydroxylation is 1. The van der Waals surface area contributed by atoms with Crippen molar-refractivity contribution in [2.45, 2.75) is 25.9 Å². The van der Waals surface area contributed by atoms with Gasteiger partial charge < -0.3 is 4.74 Å². The van der Waals surface area contributed by atoms with Crippen molar-refractivity contribution < 1.29 is 13.9 Å². The van der Waals surface area contributed by atoms with E-state index < -0.39 is 0 Å². The molecule has 0 aliphatic rings. The lowest BCUT2D eigenvalue weighted by Gasteiger charge is -2.13. The number of carbonyl (C=O) groups excluding carboxylic acids is 1. The van der Waals surface area contributed by atoms with Gasteiger partial charge in [0.25, 0.3) is 0 Å². The summed E-state index contributed by atoms with van der Waals surface area (Å²) in [5, 5.41) is 0. The summed E-state index contributed by atoms with van der Waals surface area (Å²) in [5.41, 5.74) is 1.90. The van der Waals surface area contributed by atoms with Crippen LogP contribution in [0.2, 0.25) is 0 Å². The molecule has 20 heavy (non-hydrogen) atoms. The highest BCUT2D eigenvalue weighted by molar-refractivity contribution is 5.70. The summed E-state index contributed by atoms with van der Waals surface area (Å²) >= 11 is 0. The monoisotopic (exact) mass is 272 g/mol. The lowest BCUT2D eigenvalue weighted by atomic mass is 10.1. The standard InChI is InChI=1S/C17H17FO2/c1-13(15-8-10-16(18)11-9-15)20-17(19)12-7-14-5-3-2-4-6-14/h2-6,8-11,13H,7,12H2,1H3/t13-/m1/s1. The van der Waals surface area contributed by atoms with Crippen LogP contribution in [0.25, 0.3) is 0 Å². The third-order valence-electron chi connectivity index (χ3n) is 3.11. The average molecular weight is 272 g/mol. The van der Waals surface area contributed by atoms with Gasteiger partial charge in [0.15, 0.2) is 0 Å². The molecule has 3 heteroatoms. The minimum atomic E-state index is -0.362. The Kier molecular flexibility index (Phi) is 4.88. The van der Waals surface area contributed by atoms with E-state index in [0.717, 1.165) is 11.1 Å². The second-order valence-electron chi connectivity index (χ2n) is 4.67. The minimum absolute atomic E-state index is 0.245. The van der Waals surface area contributed by atoms with Gasteiger partial charge in [-0.2, -0.15) is 0 Å². The Labute approximate surface area is 118 Å². The van der Waals surface area contributed by atoms with Crippen molar-refractivity contribution in [3.63, 3.8) is 0 Å². The zero-order valence-corrected chi connectivity index (χ0v) is 11.4. The Morgan fingerprint density at radius 1 is 1.10 bits per heavy atom. The van der Waals surface area contributed by atoms with Crippen LogP contribution in [-0.4, -0.2) is 5.97 Å². The Balaban J connectivity index is 1.83. The number of carbonyl (C=O) groups is 1. The Bertz CT molecular complexity index is 549. The van der Waals surface area contributed by atoms with Crippen LogP contribution in [0.15, 0.2) is 54.6 Å². The highest BCUT2D eigenvalue weighted by atomic mass is 19.1. The van der Waals surface area contributed by atoms with Crippen LogP contribution in [0.4, 0.5) is 4.39 Å². The second-order valence-corrected chi connectivity index (χ2v) is 4.67. The first-order valence-electron chi connectivity index (χ1n) is 6.64. The van der Waals surface area contributed by atoms with Crippen molar-refractivity contribution in [2.24, 2.45) is 0 Å². The normalized spacial score (nSPS) is 11.9. The number of halogens is 1. The number of hydrogen-bond acceptors (Lipinski definition) is 2. The Morgan fingerprint density at radius 2 is 1.75 bits per heavy atom. The van der Waals surface area contributed by atoms with E-state index in [1.807, 2.05) is 30.3 Å². The maximum absolute atomic E-state index is 12.8. The van der Waals surface area contributed by atoms with Crippen LogP contribution in [0.5, 0.6) is 0 Å². The molecule has 0 saturated carbocycles. The van der Waals surface area contributed by atoms with E-state index in [1.165, 1.54) is 12.1 Å². The quantitative estimate of drug-likeness (QED) is 0.767. The highest BCUT2D eigenvalue weighted by Gasteiger charge is 2.11. The lowest BCUT2D eigenvalue weighted by Crippen LogP contribution is -2.09. The van der Waals surface area contributed by atoms with Gasteiger partial charge in [-0.05, 0) is 36.6 Å². The van der Waals surface area contributed by atoms with Crippen LogP contribution < -0.4 is 0 Å². The molecule has 1 atom stereocenters. The molecule has 0 aliphatic carbocycles. The second kappa shape index (κ2) is 6.85. The molecule has 0 aliphatic heterocycles. The van der Waals surface area contributed by atoms with Gasteiger partial charge in [0.05, 0.1) is 0 Å². The molecule has 0 spiro atoms. The first-order valence-corrected chi connectivity index (χ1v) is 6.64. The molecule has 0 radical (unpaired) electrons. The maximum Gasteiger partial charge on any atom is 0.306 e. The van der Waals surface area contributed by atoms with Gasteiger partial charge >= 0.3 is 5.97 Å². The van der Waals surface area contributed by atoms with E-state index in [-0.39, 0.29) is 17.9 Å². The molecule has 0 saturated heterocycles. The molecule has 0 fully saturated rings. The third-order valence-corrected chi connectivity index (χ3v) is 3.11. The molecule has 2 nitrogen and oxygen atoms in total. The van der Waals surface area contributed by atoms with Gasteiger partial charge in [0.1, 0.15) is 11.9 Å². The first-order chi connectivity index (χ1) is 9.65. The first kappa shape index (κ1) is 14.3. The molecule has 0 amide bonds. The summed E-state index contributed by atoms with van der Waals surface area (Å²) in [6.07, 6.45) is 0.643. The van der Waals surface area contributed by atoms with Crippen molar-refractivity contribution in [3.05, 3.63) is 71.5 Å². The van der Waals surface area contributed by atoms with Crippen molar-refractivity contribution in [3.8, 4) is 0 Å². The predicted molar refractivity (Wildman–Crippen MR) is 75.7 cm³/mol. The molecule has 2 rings (SSSR count). The van der Waals surface area contributed by atoms with Crippen molar-refractivity contribution in [1.29, 1.82) is 0 Å². The number of benzene rings is 2.